The standard InChI is InChI=1S/C9H15N3/c1-3-6-4-5-7(12-2)8(6)9(10)11/h3,6,12H,1,4-5H2,2H3,(H3,10,11)/t6-/m1/s1. The van der Waals surface area contributed by atoms with Crippen LogP contribution in [0.2, 0.25) is 0 Å². The highest BCUT2D eigenvalue weighted by Gasteiger charge is 2.24. The van der Waals surface area contributed by atoms with Crippen molar-refractivity contribution >= 4 is 5.84 Å². The van der Waals surface area contributed by atoms with Crippen molar-refractivity contribution in [3.05, 3.63) is 23.9 Å². The second kappa shape index (κ2) is 3.43. The SMILES string of the molecule is C=C[C@@H]1CCC(NC)=C1C(=N)N. The molecule has 1 aliphatic rings. The lowest BCUT2D eigenvalue weighted by Crippen LogP contribution is -2.20. The Labute approximate surface area is 72.8 Å². The van der Waals surface area contributed by atoms with Gasteiger partial charge < -0.3 is 11.1 Å². The molecule has 3 nitrogen and oxygen atoms in total. The zero-order chi connectivity index (χ0) is 9.14. The third kappa shape index (κ3) is 1.35. The van der Waals surface area contributed by atoms with Crippen LogP contribution >= 0.6 is 0 Å². The van der Waals surface area contributed by atoms with Crippen LogP contribution in [0.1, 0.15) is 12.8 Å². The summed E-state index contributed by atoms with van der Waals surface area (Å²) >= 11 is 0. The van der Waals surface area contributed by atoms with Crippen molar-refractivity contribution in [1.29, 1.82) is 5.41 Å². The molecule has 0 saturated carbocycles. The number of nitrogens with two attached hydrogens (primary N) is 1. The van der Waals surface area contributed by atoms with Crippen molar-refractivity contribution < 1.29 is 0 Å². The molecule has 12 heavy (non-hydrogen) atoms. The fourth-order valence-electron chi connectivity index (χ4n) is 1.66. The van der Waals surface area contributed by atoms with Crippen LogP contribution in [-0.4, -0.2) is 12.9 Å². The Balaban J connectivity index is 2.96. The molecule has 0 saturated heterocycles. The molecule has 1 rings (SSSR count). The van der Waals surface area contributed by atoms with E-state index < -0.39 is 0 Å². The van der Waals surface area contributed by atoms with Gasteiger partial charge in [-0.05, 0) is 12.8 Å². The fraction of sp³-hybridized carbons (Fsp3) is 0.444. The van der Waals surface area contributed by atoms with E-state index in [0.29, 0.717) is 0 Å². The van der Waals surface area contributed by atoms with Crippen molar-refractivity contribution in [1.82, 2.24) is 5.32 Å². The highest BCUT2D eigenvalue weighted by Crippen LogP contribution is 2.30. The summed E-state index contributed by atoms with van der Waals surface area (Å²) in [6.45, 7) is 3.73. The van der Waals surface area contributed by atoms with E-state index in [9.17, 15) is 0 Å². The van der Waals surface area contributed by atoms with E-state index >= 15 is 0 Å². The van der Waals surface area contributed by atoms with Crippen LogP contribution < -0.4 is 11.1 Å². The first-order valence-electron chi connectivity index (χ1n) is 4.08. The molecule has 0 heterocycles. The fourth-order valence-corrected chi connectivity index (χ4v) is 1.66. The molecule has 0 aromatic carbocycles. The monoisotopic (exact) mass is 165 g/mol. The summed E-state index contributed by atoms with van der Waals surface area (Å²) in [4.78, 5) is 0. The number of nitrogens with one attached hydrogen (secondary N) is 2. The number of hydrogen-bond acceptors (Lipinski definition) is 2. The molecule has 66 valence electrons. The van der Waals surface area contributed by atoms with Gasteiger partial charge in [0.1, 0.15) is 5.84 Å². The average molecular weight is 165 g/mol. The lowest BCUT2D eigenvalue weighted by atomic mass is 10.0. The maximum atomic E-state index is 7.39. The summed E-state index contributed by atoms with van der Waals surface area (Å²) in [6.07, 6.45) is 3.86. The molecule has 0 aromatic rings. The average Bonchev–Trinajstić information content (AvgIpc) is 2.46. The highest BCUT2D eigenvalue weighted by atomic mass is 14.9. The van der Waals surface area contributed by atoms with E-state index in [1.54, 1.807) is 0 Å². The van der Waals surface area contributed by atoms with Gasteiger partial charge in [-0.15, -0.1) is 6.58 Å². The summed E-state index contributed by atoms with van der Waals surface area (Å²) in [5.74, 6) is 0.437. The van der Waals surface area contributed by atoms with Gasteiger partial charge in [0, 0.05) is 24.2 Å². The summed E-state index contributed by atoms with van der Waals surface area (Å²) in [5, 5.41) is 10.5. The first-order chi connectivity index (χ1) is 5.70. The van der Waals surface area contributed by atoms with Crippen LogP contribution in [0, 0.1) is 11.3 Å². The zero-order valence-electron chi connectivity index (χ0n) is 7.35. The van der Waals surface area contributed by atoms with E-state index in [-0.39, 0.29) is 11.8 Å². The Morgan fingerprint density at radius 3 is 2.92 bits per heavy atom. The van der Waals surface area contributed by atoms with Gasteiger partial charge in [0.25, 0.3) is 0 Å². The Bertz CT molecular complexity index is 240. The second-order valence-electron chi connectivity index (χ2n) is 2.94. The molecule has 3 heteroatoms. The highest BCUT2D eigenvalue weighted by molar-refractivity contribution is 5.96. The lowest BCUT2D eigenvalue weighted by Gasteiger charge is -2.09. The van der Waals surface area contributed by atoms with Gasteiger partial charge in [-0.3, -0.25) is 5.41 Å². The summed E-state index contributed by atoms with van der Waals surface area (Å²) in [7, 11) is 1.86. The quantitative estimate of drug-likeness (QED) is 0.332. The van der Waals surface area contributed by atoms with E-state index in [4.69, 9.17) is 11.1 Å². The molecule has 0 aliphatic heterocycles. The van der Waals surface area contributed by atoms with Gasteiger partial charge in [0.2, 0.25) is 0 Å². The summed E-state index contributed by atoms with van der Waals surface area (Å²) < 4.78 is 0. The Kier molecular flexibility index (Phi) is 2.53. The molecule has 0 fully saturated rings. The lowest BCUT2D eigenvalue weighted by molar-refractivity contribution is 0.745. The van der Waals surface area contributed by atoms with Crippen LogP contribution in [0.4, 0.5) is 0 Å². The predicted molar refractivity (Wildman–Crippen MR) is 50.9 cm³/mol. The molecule has 1 atom stereocenters. The van der Waals surface area contributed by atoms with E-state index in [1.165, 1.54) is 0 Å². The minimum Gasteiger partial charge on any atom is -0.391 e. The van der Waals surface area contributed by atoms with Crippen molar-refractivity contribution in [2.75, 3.05) is 7.05 Å². The van der Waals surface area contributed by atoms with E-state index in [0.717, 1.165) is 24.1 Å². The predicted octanol–water partition coefficient (Wildman–Crippen LogP) is 0.992. The molecular weight excluding hydrogens is 150 g/mol. The summed E-state index contributed by atoms with van der Waals surface area (Å²) in [5.41, 5.74) is 7.48. The van der Waals surface area contributed by atoms with Gasteiger partial charge in [0.15, 0.2) is 0 Å². The molecule has 0 amide bonds. The van der Waals surface area contributed by atoms with Gasteiger partial charge >= 0.3 is 0 Å². The first-order valence-corrected chi connectivity index (χ1v) is 4.08. The van der Waals surface area contributed by atoms with Crippen LogP contribution in [0.5, 0.6) is 0 Å². The molecular formula is C9H15N3. The minimum atomic E-state index is 0.168. The summed E-state index contributed by atoms with van der Waals surface area (Å²) in [6, 6.07) is 0. The molecule has 0 unspecified atom stereocenters. The maximum absolute atomic E-state index is 7.39. The van der Waals surface area contributed by atoms with Gasteiger partial charge in [-0.2, -0.15) is 0 Å². The van der Waals surface area contributed by atoms with Crippen LogP contribution in [-0.2, 0) is 0 Å². The Morgan fingerprint density at radius 1 is 1.83 bits per heavy atom. The number of hydrogen-bond donors (Lipinski definition) is 3. The second-order valence-corrected chi connectivity index (χ2v) is 2.94. The van der Waals surface area contributed by atoms with Crippen LogP contribution in [0.25, 0.3) is 0 Å². The van der Waals surface area contributed by atoms with Gasteiger partial charge in [0.05, 0.1) is 0 Å². The third-order valence-corrected chi connectivity index (χ3v) is 2.28. The number of amidine groups is 1. The first kappa shape index (κ1) is 8.84. The van der Waals surface area contributed by atoms with Crippen molar-refractivity contribution in [2.24, 2.45) is 11.7 Å². The Hall–Kier alpha value is -1.25. The minimum absolute atomic E-state index is 0.168. The van der Waals surface area contributed by atoms with Crippen molar-refractivity contribution in [3.8, 4) is 0 Å². The van der Waals surface area contributed by atoms with Crippen LogP contribution in [0.15, 0.2) is 23.9 Å². The third-order valence-electron chi connectivity index (χ3n) is 2.28. The topological polar surface area (TPSA) is 61.9 Å². The molecule has 0 spiro atoms. The van der Waals surface area contributed by atoms with Gasteiger partial charge in [-0.25, -0.2) is 0 Å². The van der Waals surface area contributed by atoms with E-state index in [1.807, 2.05) is 13.1 Å². The molecule has 0 aromatic heterocycles. The Morgan fingerprint density at radius 2 is 2.50 bits per heavy atom. The zero-order valence-corrected chi connectivity index (χ0v) is 7.35. The molecule has 1 aliphatic carbocycles. The smallest absolute Gasteiger partial charge is 0.120 e. The molecule has 0 bridgehead atoms. The molecule has 4 N–H and O–H groups in total. The number of allylic oxidation sites excluding steroid dienone is 2. The van der Waals surface area contributed by atoms with Crippen molar-refractivity contribution in [2.45, 2.75) is 12.8 Å². The van der Waals surface area contributed by atoms with Crippen molar-refractivity contribution in [3.63, 3.8) is 0 Å². The maximum Gasteiger partial charge on any atom is 0.120 e. The number of rotatable bonds is 3. The normalized spacial score (nSPS) is 22.6. The largest absolute Gasteiger partial charge is 0.391 e. The van der Waals surface area contributed by atoms with Gasteiger partial charge in [-0.1, -0.05) is 6.08 Å². The van der Waals surface area contributed by atoms with Crippen LogP contribution in [0.3, 0.4) is 0 Å². The van der Waals surface area contributed by atoms with E-state index in [2.05, 4.69) is 11.9 Å². The molecule has 0 radical (unpaired) electrons.